The fourth-order valence-corrected chi connectivity index (χ4v) is 1.86. The van der Waals surface area contributed by atoms with Crippen LogP contribution in [0.1, 0.15) is 34.6 Å². The molecule has 154 valence electrons. The van der Waals surface area contributed by atoms with Gasteiger partial charge in [-0.2, -0.15) is 0 Å². The third kappa shape index (κ3) is 16.7. The Morgan fingerprint density at radius 3 is 1.31 bits per heavy atom. The molecule has 0 bridgehead atoms. The quantitative estimate of drug-likeness (QED) is 0.248. The van der Waals surface area contributed by atoms with E-state index in [1.54, 1.807) is 18.2 Å². The van der Waals surface area contributed by atoms with E-state index in [0.29, 0.717) is 0 Å². The van der Waals surface area contributed by atoms with Crippen molar-refractivity contribution in [1.82, 2.24) is 0 Å². The number of ether oxygens (including phenoxy) is 1. The van der Waals surface area contributed by atoms with Crippen molar-refractivity contribution in [3.05, 3.63) is 107 Å². The maximum absolute atomic E-state index is 11.0. The average Bonchev–Trinajstić information content (AvgIpc) is 2.67. The number of hydrogen-bond acceptors (Lipinski definition) is 3. The molecular formula is C26H32O3. The van der Waals surface area contributed by atoms with E-state index in [0.717, 1.165) is 22.3 Å². The van der Waals surface area contributed by atoms with E-state index in [2.05, 4.69) is 4.74 Å². The summed E-state index contributed by atoms with van der Waals surface area (Å²) in [7, 11) is 1.36. The average molecular weight is 393 g/mol. The fraction of sp³-hybridized carbons (Fsp3) is 0.231. The molecule has 0 spiro atoms. The first-order valence-corrected chi connectivity index (χ1v) is 9.41. The van der Waals surface area contributed by atoms with Crippen molar-refractivity contribution in [2.45, 2.75) is 34.6 Å². The topological polar surface area (TPSA) is 43.4 Å². The second-order valence-corrected chi connectivity index (χ2v) is 6.55. The standard InChI is InChI=1S/C26H32O3/c1-21(13-9-15-23(3)17-19-25(5)27)11-7-8-12-22(2)14-10-16-24(4)18-20-26(28)29-6/h7-20H,1-6H3/b8-7+,13-9+,14-10+,19-17+,20-18+,21-11+,22-12+,23-15+,24-16+. The Kier molecular flexibility index (Phi) is 14.1. The van der Waals surface area contributed by atoms with Crippen molar-refractivity contribution in [3.8, 4) is 0 Å². The van der Waals surface area contributed by atoms with Crippen molar-refractivity contribution in [3.63, 3.8) is 0 Å². The van der Waals surface area contributed by atoms with Gasteiger partial charge in [0.2, 0.25) is 0 Å². The summed E-state index contributed by atoms with van der Waals surface area (Å²) in [6.45, 7) is 9.46. The highest BCUT2D eigenvalue weighted by molar-refractivity contribution is 5.87. The normalized spacial score (nSPS) is 15.0. The van der Waals surface area contributed by atoms with Crippen LogP contribution in [0.4, 0.5) is 0 Å². The molecule has 0 aromatic heterocycles. The Morgan fingerprint density at radius 2 is 0.897 bits per heavy atom. The van der Waals surface area contributed by atoms with Crippen LogP contribution in [0.5, 0.6) is 0 Å². The minimum atomic E-state index is -0.364. The van der Waals surface area contributed by atoms with Gasteiger partial charge in [-0.1, -0.05) is 95.2 Å². The molecule has 0 amide bonds. The highest BCUT2D eigenvalue weighted by atomic mass is 16.5. The Hall–Kier alpha value is -3.20. The highest BCUT2D eigenvalue weighted by Crippen LogP contribution is 2.02. The van der Waals surface area contributed by atoms with Gasteiger partial charge >= 0.3 is 5.97 Å². The summed E-state index contributed by atoms with van der Waals surface area (Å²) < 4.78 is 4.55. The van der Waals surface area contributed by atoms with E-state index in [9.17, 15) is 9.59 Å². The SMILES string of the molecule is COC(=O)/C=C/C(C)=C/C=C/C(C)=C/C=C/C=C(C)/C=C/C=C(C)/C=C/C(C)=O. The summed E-state index contributed by atoms with van der Waals surface area (Å²) in [5.41, 5.74) is 4.22. The summed E-state index contributed by atoms with van der Waals surface area (Å²) in [4.78, 5) is 21.9. The van der Waals surface area contributed by atoms with E-state index in [-0.39, 0.29) is 11.8 Å². The van der Waals surface area contributed by atoms with Crippen LogP contribution < -0.4 is 0 Å². The van der Waals surface area contributed by atoms with Crippen molar-refractivity contribution >= 4 is 11.8 Å². The molecule has 0 aliphatic rings. The third-order valence-electron chi connectivity index (χ3n) is 3.53. The number of ketones is 1. The highest BCUT2D eigenvalue weighted by Gasteiger charge is 1.89. The molecule has 0 saturated carbocycles. The van der Waals surface area contributed by atoms with Gasteiger partial charge < -0.3 is 4.74 Å². The predicted molar refractivity (Wildman–Crippen MR) is 123 cm³/mol. The monoisotopic (exact) mass is 392 g/mol. The lowest BCUT2D eigenvalue weighted by Crippen LogP contribution is -1.93. The zero-order valence-electron chi connectivity index (χ0n) is 18.3. The first kappa shape index (κ1) is 25.8. The molecule has 0 aliphatic carbocycles. The Labute approximate surface area is 175 Å². The molecule has 0 N–H and O–H groups in total. The van der Waals surface area contributed by atoms with Gasteiger partial charge in [0.1, 0.15) is 0 Å². The number of hydrogen-bond donors (Lipinski definition) is 0. The van der Waals surface area contributed by atoms with Crippen LogP contribution in [-0.4, -0.2) is 18.9 Å². The maximum Gasteiger partial charge on any atom is 0.330 e. The molecule has 0 heterocycles. The number of carbonyl (C=O) groups excluding carboxylic acids is 2. The number of methoxy groups -OCH3 is 1. The first-order valence-electron chi connectivity index (χ1n) is 9.41. The van der Waals surface area contributed by atoms with Crippen LogP contribution in [0.2, 0.25) is 0 Å². The minimum Gasteiger partial charge on any atom is -0.466 e. The Bertz CT molecular complexity index is 820. The number of allylic oxidation sites excluding steroid dienone is 17. The number of rotatable bonds is 10. The van der Waals surface area contributed by atoms with Gasteiger partial charge in [-0.15, -0.1) is 0 Å². The lowest BCUT2D eigenvalue weighted by Gasteiger charge is -1.91. The molecule has 0 aliphatic heterocycles. The lowest BCUT2D eigenvalue weighted by atomic mass is 10.2. The summed E-state index contributed by atoms with van der Waals surface area (Å²) in [6, 6.07) is 0. The molecule has 0 rings (SSSR count). The molecule has 3 nitrogen and oxygen atoms in total. The zero-order chi connectivity index (χ0) is 22.1. The van der Waals surface area contributed by atoms with Crippen molar-refractivity contribution in [1.29, 1.82) is 0 Å². The van der Waals surface area contributed by atoms with Crippen LogP contribution in [0.15, 0.2) is 107 Å². The zero-order valence-corrected chi connectivity index (χ0v) is 18.3. The van der Waals surface area contributed by atoms with E-state index in [4.69, 9.17) is 0 Å². The molecule has 0 fully saturated rings. The minimum absolute atomic E-state index is 0.0442. The number of esters is 1. The molecule has 0 aromatic carbocycles. The first-order chi connectivity index (χ1) is 13.7. The third-order valence-corrected chi connectivity index (χ3v) is 3.53. The molecule has 0 aromatic rings. The molecule has 0 saturated heterocycles. The molecule has 0 unspecified atom stereocenters. The van der Waals surface area contributed by atoms with Crippen LogP contribution in [0.3, 0.4) is 0 Å². The van der Waals surface area contributed by atoms with Crippen molar-refractivity contribution < 1.29 is 14.3 Å². The van der Waals surface area contributed by atoms with Gasteiger partial charge in [-0.25, -0.2) is 4.79 Å². The van der Waals surface area contributed by atoms with Gasteiger partial charge in [-0.05, 0) is 40.7 Å². The molecular weight excluding hydrogens is 360 g/mol. The molecule has 3 heteroatoms. The van der Waals surface area contributed by atoms with Gasteiger partial charge in [0.25, 0.3) is 0 Å². The molecule has 0 radical (unpaired) electrons. The Morgan fingerprint density at radius 1 is 0.517 bits per heavy atom. The van der Waals surface area contributed by atoms with Gasteiger partial charge in [-0.3, -0.25) is 4.79 Å². The Balaban J connectivity index is 4.67. The lowest BCUT2D eigenvalue weighted by molar-refractivity contribution is -0.134. The summed E-state index contributed by atoms with van der Waals surface area (Å²) in [5.74, 6) is -0.320. The fourth-order valence-electron chi connectivity index (χ4n) is 1.86. The van der Waals surface area contributed by atoms with Crippen LogP contribution in [0.25, 0.3) is 0 Å². The van der Waals surface area contributed by atoms with E-state index >= 15 is 0 Å². The second-order valence-electron chi connectivity index (χ2n) is 6.55. The van der Waals surface area contributed by atoms with E-state index in [1.807, 2.05) is 88.5 Å². The van der Waals surface area contributed by atoms with Crippen LogP contribution >= 0.6 is 0 Å². The van der Waals surface area contributed by atoms with Crippen molar-refractivity contribution in [2.75, 3.05) is 7.11 Å². The van der Waals surface area contributed by atoms with Gasteiger partial charge in [0.15, 0.2) is 5.78 Å². The van der Waals surface area contributed by atoms with Gasteiger partial charge in [0.05, 0.1) is 7.11 Å². The van der Waals surface area contributed by atoms with Crippen molar-refractivity contribution in [2.24, 2.45) is 0 Å². The summed E-state index contributed by atoms with van der Waals surface area (Å²) >= 11 is 0. The number of carbonyl (C=O) groups is 2. The van der Waals surface area contributed by atoms with Crippen LogP contribution in [-0.2, 0) is 14.3 Å². The summed E-state index contributed by atoms with van der Waals surface area (Å²) in [5, 5.41) is 0. The van der Waals surface area contributed by atoms with E-state index < -0.39 is 0 Å². The molecule has 29 heavy (non-hydrogen) atoms. The molecule has 0 atom stereocenters. The largest absolute Gasteiger partial charge is 0.466 e. The van der Waals surface area contributed by atoms with E-state index in [1.165, 1.54) is 20.1 Å². The van der Waals surface area contributed by atoms with Gasteiger partial charge in [0, 0.05) is 6.08 Å². The maximum atomic E-state index is 11.0. The smallest absolute Gasteiger partial charge is 0.330 e. The van der Waals surface area contributed by atoms with Crippen LogP contribution in [0, 0.1) is 0 Å². The predicted octanol–water partition coefficient (Wildman–Crippen LogP) is 6.31. The second kappa shape index (κ2) is 15.8. The summed E-state index contributed by atoms with van der Waals surface area (Å²) in [6.07, 6.45) is 26.3.